The second-order valence-corrected chi connectivity index (χ2v) is 3.58. The van der Waals surface area contributed by atoms with Gasteiger partial charge in [0.1, 0.15) is 0 Å². The monoisotopic (exact) mass is 209 g/mol. The molecule has 0 aliphatic carbocycles. The summed E-state index contributed by atoms with van der Waals surface area (Å²) in [5.41, 5.74) is 0. The van der Waals surface area contributed by atoms with Crippen molar-refractivity contribution in [2.45, 2.75) is 13.3 Å². The molecule has 0 saturated carbocycles. The Balaban J connectivity index is 2.10. The summed E-state index contributed by atoms with van der Waals surface area (Å²) in [6, 6.07) is 3.68. The molecule has 0 unspecified atom stereocenters. The van der Waals surface area contributed by atoms with Crippen molar-refractivity contribution in [3.63, 3.8) is 0 Å². The summed E-state index contributed by atoms with van der Waals surface area (Å²) in [7, 11) is 0. The quantitative estimate of drug-likeness (QED) is 0.841. The molecule has 0 spiro atoms. The summed E-state index contributed by atoms with van der Waals surface area (Å²) in [6.07, 6.45) is 2.70. The zero-order valence-electron chi connectivity index (χ0n) is 7.86. The van der Waals surface area contributed by atoms with Crippen LogP contribution in [0.25, 0.3) is 11.6 Å². The largest absolute Gasteiger partial charge is 0.461 e. The lowest BCUT2D eigenvalue weighted by Crippen LogP contribution is -1.98. The number of nitrogens with one attached hydrogen (secondary N) is 1. The van der Waals surface area contributed by atoms with E-state index in [2.05, 4.69) is 21.6 Å². The van der Waals surface area contributed by atoms with E-state index >= 15 is 0 Å². The Labute approximate surface area is 86.1 Å². The summed E-state index contributed by atoms with van der Waals surface area (Å²) in [4.78, 5) is 4.29. The third-order valence-electron chi connectivity index (χ3n) is 1.69. The van der Waals surface area contributed by atoms with Crippen LogP contribution in [0.5, 0.6) is 0 Å². The highest BCUT2D eigenvalue weighted by molar-refractivity contribution is 7.09. The van der Waals surface area contributed by atoms with Crippen molar-refractivity contribution in [1.82, 2.24) is 9.36 Å². The maximum atomic E-state index is 5.19. The van der Waals surface area contributed by atoms with E-state index in [9.17, 15) is 0 Å². The molecule has 0 bridgehead atoms. The highest BCUT2D eigenvalue weighted by Crippen LogP contribution is 2.20. The third kappa shape index (κ3) is 1.93. The van der Waals surface area contributed by atoms with Gasteiger partial charge < -0.3 is 9.73 Å². The lowest BCUT2D eigenvalue weighted by Gasteiger charge is -1.95. The number of nitrogens with zero attached hydrogens (tertiary/aromatic N) is 2. The van der Waals surface area contributed by atoms with Crippen molar-refractivity contribution in [3.05, 3.63) is 18.4 Å². The van der Waals surface area contributed by atoms with Crippen LogP contribution in [0.4, 0.5) is 5.13 Å². The average Bonchev–Trinajstić information content (AvgIpc) is 2.85. The summed E-state index contributed by atoms with van der Waals surface area (Å²) in [6.45, 7) is 3.04. The molecule has 0 fully saturated rings. The Hall–Kier alpha value is -1.36. The van der Waals surface area contributed by atoms with Gasteiger partial charge in [0, 0.05) is 18.1 Å². The molecular formula is C9H11N3OS. The molecule has 2 aromatic rings. The van der Waals surface area contributed by atoms with E-state index in [0.29, 0.717) is 11.6 Å². The summed E-state index contributed by atoms with van der Waals surface area (Å²) in [5.74, 6) is 1.37. The minimum Gasteiger partial charge on any atom is -0.461 e. The van der Waals surface area contributed by atoms with E-state index in [0.717, 1.165) is 18.1 Å². The molecule has 74 valence electrons. The van der Waals surface area contributed by atoms with E-state index in [1.807, 2.05) is 12.1 Å². The topological polar surface area (TPSA) is 51.0 Å². The molecule has 4 nitrogen and oxygen atoms in total. The molecule has 1 N–H and O–H groups in total. The fourth-order valence-corrected chi connectivity index (χ4v) is 1.63. The van der Waals surface area contributed by atoms with E-state index < -0.39 is 0 Å². The van der Waals surface area contributed by atoms with E-state index in [-0.39, 0.29) is 0 Å². The Morgan fingerprint density at radius 3 is 3.21 bits per heavy atom. The van der Waals surface area contributed by atoms with Gasteiger partial charge in [-0.1, -0.05) is 6.92 Å². The Bertz CT molecular complexity index is 382. The zero-order valence-corrected chi connectivity index (χ0v) is 8.67. The smallest absolute Gasteiger partial charge is 0.210 e. The molecule has 0 aromatic carbocycles. The standard InChI is InChI=1S/C9H11N3OS/c1-2-5-10-9-11-8(12-14-9)7-4-3-6-13-7/h3-4,6H,2,5H2,1H3,(H,10,11,12). The minimum absolute atomic E-state index is 0.651. The summed E-state index contributed by atoms with van der Waals surface area (Å²) in [5, 5.41) is 4.03. The van der Waals surface area contributed by atoms with Gasteiger partial charge in [-0.3, -0.25) is 0 Å². The number of furan rings is 1. The molecule has 0 aliphatic heterocycles. The molecule has 0 amide bonds. The SMILES string of the molecule is CCCNc1nc(-c2ccco2)ns1. The van der Waals surface area contributed by atoms with Crippen LogP contribution < -0.4 is 5.32 Å². The van der Waals surface area contributed by atoms with Crippen molar-refractivity contribution in [3.8, 4) is 11.6 Å². The van der Waals surface area contributed by atoms with Gasteiger partial charge in [0.15, 0.2) is 5.76 Å². The van der Waals surface area contributed by atoms with Gasteiger partial charge in [-0.2, -0.15) is 9.36 Å². The fraction of sp³-hybridized carbons (Fsp3) is 0.333. The van der Waals surface area contributed by atoms with E-state index in [1.165, 1.54) is 11.5 Å². The van der Waals surface area contributed by atoms with Gasteiger partial charge in [-0.25, -0.2) is 0 Å². The van der Waals surface area contributed by atoms with Gasteiger partial charge in [-0.15, -0.1) is 0 Å². The molecule has 5 heteroatoms. The lowest BCUT2D eigenvalue weighted by molar-refractivity contribution is 0.578. The summed E-state index contributed by atoms with van der Waals surface area (Å²) < 4.78 is 9.38. The number of anilines is 1. The van der Waals surface area contributed by atoms with Crippen LogP contribution in [0.3, 0.4) is 0 Å². The predicted octanol–water partition coefficient (Wildman–Crippen LogP) is 2.62. The first kappa shape index (κ1) is 9.21. The Morgan fingerprint density at radius 1 is 1.57 bits per heavy atom. The number of aromatic nitrogens is 2. The van der Waals surface area contributed by atoms with Crippen molar-refractivity contribution in [2.24, 2.45) is 0 Å². The van der Waals surface area contributed by atoms with Crippen LogP contribution in [0.1, 0.15) is 13.3 Å². The first-order valence-electron chi connectivity index (χ1n) is 4.51. The highest BCUT2D eigenvalue weighted by Gasteiger charge is 2.07. The maximum Gasteiger partial charge on any atom is 0.210 e. The Morgan fingerprint density at radius 2 is 2.50 bits per heavy atom. The predicted molar refractivity (Wildman–Crippen MR) is 56.4 cm³/mol. The van der Waals surface area contributed by atoms with Crippen molar-refractivity contribution >= 4 is 16.7 Å². The molecule has 0 saturated heterocycles. The fourth-order valence-electron chi connectivity index (χ4n) is 1.03. The second-order valence-electron chi connectivity index (χ2n) is 2.83. The van der Waals surface area contributed by atoms with Gasteiger partial charge in [-0.05, 0) is 18.6 Å². The maximum absolute atomic E-state index is 5.19. The average molecular weight is 209 g/mol. The highest BCUT2D eigenvalue weighted by atomic mass is 32.1. The molecule has 0 radical (unpaired) electrons. The normalized spacial score (nSPS) is 10.4. The van der Waals surface area contributed by atoms with Crippen molar-refractivity contribution in [1.29, 1.82) is 0 Å². The second kappa shape index (κ2) is 4.23. The molecule has 14 heavy (non-hydrogen) atoms. The van der Waals surface area contributed by atoms with Crippen LogP contribution in [0, 0.1) is 0 Å². The van der Waals surface area contributed by atoms with E-state index in [4.69, 9.17) is 4.42 Å². The Kier molecular flexibility index (Phi) is 2.78. The molecule has 0 atom stereocenters. The van der Waals surface area contributed by atoms with Crippen molar-refractivity contribution in [2.75, 3.05) is 11.9 Å². The zero-order chi connectivity index (χ0) is 9.80. The van der Waals surface area contributed by atoms with Gasteiger partial charge in [0.25, 0.3) is 0 Å². The van der Waals surface area contributed by atoms with Crippen molar-refractivity contribution < 1.29 is 4.42 Å². The molecular weight excluding hydrogens is 198 g/mol. The van der Waals surface area contributed by atoms with Gasteiger partial charge >= 0.3 is 0 Å². The minimum atomic E-state index is 0.651. The van der Waals surface area contributed by atoms with E-state index in [1.54, 1.807) is 6.26 Å². The summed E-state index contributed by atoms with van der Waals surface area (Å²) >= 11 is 1.36. The molecule has 2 aromatic heterocycles. The first-order chi connectivity index (χ1) is 6.90. The molecule has 0 aliphatic rings. The third-order valence-corrected chi connectivity index (χ3v) is 2.37. The number of hydrogen-bond donors (Lipinski definition) is 1. The van der Waals surface area contributed by atoms with Gasteiger partial charge in [0.05, 0.1) is 6.26 Å². The molecule has 2 rings (SSSR count). The van der Waals surface area contributed by atoms with Gasteiger partial charge in [0.2, 0.25) is 11.0 Å². The number of rotatable bonds is 4. The first-order valence-corrected chi connectivity index (χ1v) is 5.29. The van der Waals surface area contributed by atoms with Crippen LogP contribution in [-0.4, -0.2) is 15.9 Å². The van der Waals surface area contributed by atoms with Crippen LogP contribution >= 0.6 is 11.5 Å². The molecule has 2 heterocycles. The van der Waals surface area contributed by atoms with Crippen LogP contribution in [0.15, 0.2) is 22.8 Å². The number of hydrogen-bond acceptors (Lipinski definition) is 5. The van der Waals surface area contributed by atoms with Crippen LogP contribution in [0.2, 0.25) is 0 Å². The lowest BCUT2D eigenvalue weighted by atomic mass is 10.4. The van der Waals surface area contributed by atoms with Crippen LogP contribution in [-0.2, 0) is 0 Å².